The average molecular weight is 356 g/mol. The van der Waals surface area contributed by atoms with Crippen molar-refractivity contribution in [3.63, 3.8) is 0 Å². The Kier molecular flexibility index (Phi) is 3.36. The van der Waals surface area contributed by atoms with Gasteiger partial charge in [0.2, 0.25) is 11.8 Å². The number of fused-ring (bicyclic) bond motifs is 2. The molecule has 0 saturated heterocycles. The molecule has 0 bridgehead atoms. The molecule has 0 saturated carbocycles. The molecule has 0 unspecified atom stereocenters. The Morgan fingerprint density at radius 1 is 0.815 bits per heavy atom. The van der Waals surface area contributed by atoms with Crippen LogP contribution in [0.15, 0.2) is 63.1 Å². The Labute approximate surface area is 154 Å². The van der Waals surface area contributed by atoms with E-state index in [2.05, 4.69) is 9.97 Å². The van der Waals surface area contributed by atoms with E-state index >= 15 is 0 Å². The van der Waals surface area contributed by atoms with E-state index in [0.29, 0.717) is 34.2 Å². The van der Waals surface area contributed by atoms with Gasteiger partial charge in [0.25, 0.3) is 0 Å². The van der Waals surface area contributed by atoms with Crippen LogP contribution in [-0.2, 0) is 0 Å². The van der Waals surface area contributed by atoms with Crippen LogP contribution in [0.5, 0.6) is 0 Å². The summed E-state index contributed by atoms with van der Waals surface area (Å²) in [5.41, 5.74) is 16.9. The fraction of sp³-hybridized carbons (Fsp3) is 0.0476. The molecule has 132 valence electrons. The highest BCUT2D eigenvalue weighted by Gasteiger charge is 2.11. The number of anilines is 1. The lowest BCUT2D eigenvalue weighted by molar-refractivity contribution is 0.540. The average Bonchev–Trinajstić information content (AvgIpc) is 3.21. The first-order valence-electron chi connectivity index (χ1n) is 8.57. The minimum atomic E-state index is 0.546. The van der Waals surface area contributed by atoms with Crippen molar-refractivity contribution in [1.29, 1.82) is 0 Å². The zero-order valence-corrected chi connectivity index (χ0v) is 14.3. The largest absolute Gasteiger partial charge is 0.436 e. The Balaban J connectivity index is 1.52. The number of benzene rings is 2. The lowest BCUT2D eigenvalue weighted by atomic mass is 10.1. The second kappa shape index (κ2) is 5.88. The molecule has 0 fully saturated rings. The maximum atomic E-state index is 5.90. The molecule has 6 nitrogen and oxygen atoms in total. The molecule has 0 amide bonds. The van der Waals surface area contributed by atoms with Crippen molar-refractivity contribution >= 4 is 28.9 Å². The standard InChI is InChI=1S/C21H16N4O2/c22-14-2-1-3-16-19(11-14)27-20(24-16)12-4-6-13(7-5-12)21-25-17-10-15(23)8-9-18(17)26-21/h2-11H,1,22-23H2. The topological polar surface area (TPSA) is 104 Å². The molecule has 0 atom stereocenters. The summed E-state index contributed by atoms with van der Waals surface area (Å²) in [6.07, 6.45) is 6.47. The van der Waals surface area contributed by atoms with Crippen LogP contribution >= 0.6 is 0 Å². The first-order valence-corrected chi connectivity index (χ1v) is 8.57. The van der Waals surface area contributed by atoms with Gasteiger partial charge >= 0.3 is 0 Å². The van der Waals surface area contributed by atoms with Crippen LogP contribution in [-0.4, -0.2) is 9.97 Å². The van der Waals surface area contributed by atoms with Crippen molar-refractivity contribution in [2.45, 2.75) is 6.42 Å². The van der Waals surface area contributed by atoms with E-state index in [4.69, 9.17) is 20.3 Å². The fourth-order valence-corrected chi connectivity index (χ4v) is 3.06. The van der Waals surface area contributed by atoms with E-state index in [1.165, 1.54) is 0 Å². The normalized spacial score (nSPS) is 13.4. The molecule has 27 heavy (non-hydrogen) atoms. The van der Waals surface area contributed by atoms with Gasteiger partial charge in [0.1, 0.15) is 10.9 Å². The highest BCUT2D eigenvalue weighted by Crippen LogP contribution is 2.27. The monoisotopic (exact) mass is 356 g/mol. The smallest absolute Gasteiger partial charge is 0.227 e. The summed E-state index contributed by atoms with van der Waals surface area (Å²) in [6.45, 7) is 0. The number of nitrogens with zero attached hydrogens (tertiary/aromatic N) is 2. The Morgan fingerprint density at radius 2 is 1.56 bits per heavy atom. The Hall–Kier alpha value is -3.80. The van der Waals surface area contributed by atoms with E-state index < -0.39 is 0 Å². The van der Waals surface area contributed by atoms with Crippen molar-refractivity contribution < 1.29 is 8.83 Å². The fourth-order valence-electron chi connectivity index (χ4n) is 3.06. The predicted molar refractivity (Wildman–Crippen MR) is 104 cm³/mol. The number of nitrogen functional groups attached to an aromatic ring is 1. The van der Waals surface area contributed by atoms with Crippen LogP contribution in [0.25, 0.3) is 46.2 Å². The van der Waals surface area contributed by atoms with E-state index in [-0.39, 0.29) is 0 Å². The SMILES string of the molecule is NC1=CCC=c2nc(-c3ccc(-c4nc5cc(N)ccc5o4)cc3)oc2=C1. The molecule has 4 aromatic rings. The number of hydrogen-bond acceptors (Lipinski definition) is 6. The number of hydrogen-bond donors (Lipinski definition) is 2. The van der Waals surface area contributed by atoms with Gasteiger partial charge in [-0.05, 0) is 48.9 Å². The van der Waals surface area contributed by atoms with Gasteiger partial charge in [0, 0.05) is 28.6 Å². The van der Waals surface area contributed by atoms with Crippen LogP contribution in [0.4, 0.5) is 5.69 Å². The van der Waals surface area contributed by atoms with Gasteiger partial charge < -0.3 is 20.3 Å². The van der Waals surface area contributed by atoms with E-state index in [1.54, 1.807) is 18.2 Å². The quantitative estimate of drug-likeness (QED) is 0.535. The molecular formula is C21H16N4O2. The van der Waals surface area contributed by atoms with Crippen LogP contribution < -0.4 is 22.2 Å². The van der Waals surface area contributed by atoms with Crippen LogP contribution in [0, 0.1) is 0 Å². The molecule has 6 heteroatoms. The number of allylic oxidation sites excluding steroid dienone is 2. The molecule has 2 heterocycles. The molecule has 2 aromatic carbocycles. The predicted octanol–water partition coefficient (Wildman–Crippen LogP) is 2.54. The lowest BCUT2D eigenvalue weighted by Crippen LogP contribution is -2.21. The highest BCUT2D eigenvalue weighted by molar-refractivity contribution is 5.79. The summed E-state index contributed by atoms with van der Waals surface area (Å²) in [4.78, 5) is 9.07. The van der Waals surface area contributed by atoms with Crippen LogP contribution in [0.2, 0.25) is 0 Å². The molecular weight excluding hydrogens is 340 g/mol. The maximum Gasteiger partial charge on any atom is 0.227 e. The number of nitrogens with two attached hydrogens (primary N) is 2. The molecule has 4 N–H and O–H groups in total. The minimum absolute atomic E-state index is 0.546. The van der Waals surface area contributed by atoms with Gasteiger partial charge in [-0.15, -0.1) is 0 Å². The summed E-state index contributed by atoms with van der Waals surface area (Å²) in [6, 6.07) is 13.1. The molecule has 1 aliphatic carbocycles. The third-order valence-corrected chi connectivity index (χ3v) is 4.43. The van der Waals surface area contributed by atoms with E-state index in [1.807, 2.05) is 42.5 Å². The molecule has 1 aliphatic rings. The maximum absolute atomic E-state index is 5.90. The number of aromatic nitrogens is 2. The zero-order valence-electron chi connectivity index (χ0n) is 14.3. The zero-order chi connectivity index (χ0) is 18.4. The third kappa shape index (κ3) is 2.77. The Morgan fingerprint density at radius 3 is 2.33 bits per heavy atom. The summed E-state index contributed by atoms with van der Waals surface area (Å²) >= 11 is 0. The summed E-state index contributed by atoms with van der Waals surface area (Å²) < 4.78 is 11.7. The minimum Gasteiger partial charge on any atom is -0.436 e. The lowest BCUT2D eigenvalue weighted by Gasteiger charge is -1.98. The molecule has 2 aromatic heterocycles. The molecule has 5 rings (SSSR count). The first kappa shape index (κ1) is 15.5. The van der Waals surface area contributed by atoms with Crippen LogP contribution in [0.1, 0.15) is 6.42 Å². The van der Waals surface area contributed by atoms with Gasteiger partial charge in [-0.3, -0.25) is 0 Å². The summed E-state index contributed by atoms with van der Waals surface area (Å²) in [5.74, 6) is 1.10. The van der Waals surface area contributed by atoms with Gasteiger partial charge in [-0.2, -0.15) is 0 Å². The third-order valence-electron chi connectivity index (χ3n) is 4.43. The van der Waals surface area contributed by atoms with Gasteiger partial charge in [0.05, 0.1) is 0 Å². The summed E-state index contributed by atoms with van der Waals surface area (Å²) in [7, 11) is 0. The van der Waals surface area contributed by atoms with Gasteiger partial charge in [-0.25, -0.2) is 9.97 Å². The molecule has 0 radical (unpaired) electrons. The van der Waals surface area contributed by atoms with Crippen molar-refractivity contribution in [3.8, 4) is 22.9 Å². The van der Waals surface area contributed by atoms with Crippen molar-refractivity contribution in [3.05, 3.63) is 65.0 Å². The number of oxazole rings is 2. The second-order valence-electron chi connectivity index (χ2n) is 6.38. The van der Waals surface area contributed by atoms with Crippen molar-refractivity contribution in [1.82, 2.24) is 9.97 Å². The second-order valence-corrected chi connectivity index (χ2v) is 6.38. The first-order chi connectivity index (χ1) is 13.2. The van der Waals surface area contributed by atoms with Gasteiger partial charge in [-0.1, -0.05) is 12.2 Å². The van der Waals surface area contributed by atoms with E-state index in [0.717, 1.165) is 28.4 Å². The Bertz CT molecular complexity index is 1310. The van der Waals surface area contributed by atoms with Gasteiger partial charge in [0.15, 0.2) is 11.0 Å². The van der Waals surface area contributed by atoms with E-state index in [9.17, 15) is 0 Å². The molecule has 0 aliphatic heterocycles. The van der Waals surface area contributed by atoms with Crippen molar-refractivity contribution in [2.75, 3.05) is 5.73 Å². The highest BCUT2D eigenvalue weighted by atomic mass is 16.4. The van der Waals surface area contributed by atoms with Crippen molar-refractivity contribution in [2.24, 2.45) is 5.73 Å². The van der Waals surface area contributed by atoms with Crippen LogP contribution in [0.3, 0.4) is 0 Å². The summed E-state index contributed by atoms with van der Waals surface area (Å²) in [5, 5.41) is 0.808. The number of rotatable bonds is 2. The molecule has 0 spiro atoms.